The zero-order valence-electron chi connectivity index (χ0n) is 12.5. The van der Waals surface area contributed by atoms with Crippen molar-refractivity contribution in [3.8, 4) is 11.5 Å². The Morgan fingerprint density at radius 3 is 2.45 bits per heavy atom. The van der Waals surface area contributed by atoms with Crippen LogP contribution in [0.25, 0.3) is 0 Å². The third-order valence-corrected chi connectivity index (χ3v) is 3.15. The highest BCUT2D eigenvalue weighted by Crippen LogP contribution is 2.25. The van der Waals surface area contributed by atoms with Gasteiger partial charge in [0.25, 0.3) is 0 Å². The van der Waals surface area contributed by atoms with Crippen molar-refractivity contribution in [2.24, 2.45) is 0 Å². The zero-order chi connectivity index (χ0) is 15.4. The molecule has 0 fully saturated rings. The Labute approximate surface area is 120 Å². The maximum Gasteiger partial charge on any atom is 0.305 e. The summed E-state index contributed by atoms with van der Waals surface area (Å²) >= 11 is 0. The molecule has 0 bridgehead atoms. The van der Waals surface area contributed by atoms with E-state index in [1.54, 1.807) is 12.2 Å². The smallest absolute Gasteiger partial charge is 0.305 e. The first-order valence-electron chi connectivity index (χ1n) is 6.34. The third kappa shape index (κ3) is 5.59. The van der Waals surface area contributed by atoms with E-state index in [-0.39, 0.29) is 6.61 Å². The molecule has 1 aliphatic heterocycles. The van der Waals surface area contributed by atoms with Crippen LogP contribution >= 0.6 is 0 Å². The molecule has 0 spiro atoms. The maximum absolute atomic E-state index is 11.0. The van der Waals surface area contributed by atoms with Gasteiger partial charge in [0.2, 0.25) is 6.29 Å². The lowest BCUT2D eigenvalue weighted by molar-refractivity contribution is -0.180. The molecule has 0 aromatic heterocycles. The van der Waals surface area contributed by atoms with Crippen LogP contribution in [0.1, 0.15) is 13.8 Å². The van der Waals surface area contributed by atoms with Crippen LogP contribution in [-0.2, 0) is 23.8 Å². The van der Waals surface area contributed by atoms with Gasteiger partial charge in [-0.05, 0) is 12.2 Å². The summed E-state index contributed by atoms with van der Waals surface area (Å²) in [6.45, 7) is 8.90. The third-order valence-electron chi connectivity index (χ3n) is 2.27. The van der Waals surface area contributed by atoms with Gasteiger partial charge in [-0.15, -0.1) is 5.54 Å². The van der Waals surface area contributed by atoms with Crippen LogP contribution in [0, 0.1) is 11.5 Å². The first-order chi connectivity index (χ1) is 9.12. The molecular formula is C14H20O5Si. The van der Waals surface area contributed by atoms with Gasteiger partial charge in [-0.25, -0.2) is 0 Å². The molecule has 0 aromatic rings. The minimum Gasteiger partial charge on any atom is -0.461 e. The van der Waals surface area contributed by atoms with E-state index in [0.717, 1.165) is 0 Å². The topological polar surface area (TPSA) is 61.8 Å². The fourth-order valence-electron chi connectivity index (χ4n) is 1.44. The Hall–Kier alpha value is -1.58. The molecular weight excluding hydrogens is 276 g/mol. The maximum atomic E-state index is 11.0. The molecule has 0 unspecified atom stereocenters. The molecule has 1 heterocycles. The van der Waals surface area contributed by atoms with Crippen LogP contribution in [0.5, 0.6) is 0 Å². The van der Waals surface area contributed by atoms with Crippen molar-refractivity contribution in [1.82, 2.24) is 0 Å². The van der Waals surface area contributed by atoms with Crippen LogP contribution in [0.4, 0.5) is 0 Å². The molecule has 0 aliphatic carbocycles. The number of esters is 2. The van der Waals surface area contributed by atoms with Crippen LogP contribution < -0.4 is 0 Å². The van der Waals surface area contributed by atoms with Crippen molar-refractivity contribution in [1.29, 1.82) is 0 Å². The van der Waals surface area contributed by atoms with Gasteiger partial charge in [-0.3, -0.25) is 9.59 Å². The molecule has 0 amide bonds. The van der Waals surface area contributed by atoms with Gasteiger partial charge in [0.1, 0.15) is 14.7 Å². The molecule has 0 radical (unpaired) electrons. The Morgan fingerprint density at radius 1 is 1.30 bits per heavy atom. The number of carbonyl (C=O) groups is 2. The quantitative estimate of drug-likeness (QED) is 0.343. The Morgan fingerprint density at radius 2 is 1.95 bits per heavy atom. The molecule has 2 atom stereocenters. The Balaban J connectivity index is 2.87. The fraction of sp³-hybridized carbons (Fsp3) is 0.571. The highest BCUT2D eigenvalue weighted by molar-refractivity contribution is 6.83. The summed E-state index contributed by atoms with van der Waals surface area (Å²) in [5, 5.41) is 0. The number of carbonyl (C=O) groups excluding carboxylic acids is 2. The first-order valence-corrected chi connectivity index (χ1v) is 9.84. The molecule has 110 valence electrons. The highest BCUT2D eigenvalue weighted by Gasteiger charge is 2.37. The van der Waals surface area contributed by atoms with E-state index < -0.39 is 31.9 Å². The lowest BCUT2D eigenvalue weighted by Crippen LogP contribution is -2.36. The second-order valence-corrected chi connectivity index (χ2v) is 10.4. The van der Waals surface area contributed by atoms with Crippen molar-refractivity contribution in [3.05, 3.63) is 12.2 Å². The first kappa shape index (κ1) is 16.5. The summed E-state index contributed by atoms with van der Waals surface area (Å²) in [5.74, 6) is 2.17. The monoisotopic (exact) mass is 296 g/mol. The van der Waals surface area contributed by atoms with Crippen LogP contribution in [0.2, 0.25) is 19.6 Å². The molecule has 6 heteroatoms. The molecule has 1 aliphatic rings. The van der Waals surface area contributed by atoms with Gasteiger partial charge < -0.3 is 14.2 Å². The van der Waals surface area contributed by atoms with E-state index in [2.05, 4.69) is 31.1 Å². The number of ether oxygens (including phenoxy) is 3. The predicted octanol–water partition coefficient (Wildman–Crippen LogP) is 1.64. The summed E-state index contributed by atoms with van der Waals surface area (Å²) in [5.41, 5.74) is 2.15. The molecule has 20 heavy (non-hydrogen) atoms. The summed E-state index contributed by atoms with van der Waals surface area (Å²) in [6.07, 6.45) is 2.49. The van der Waals surface area contributed by atoms with Crippen LogP contribution in [0.15, 0.2) is 12.2 Å². The van der Waals surface area contributed by atoms with E-state index in [4.69, 9.17) is 14.2 Å². The summed E-state index contributed by atoms with van der Waals surface area (Å²) in [7, 11) is -1.61. The zero-order valence-corrected chi connectivity index (χ0v) is 13.5. The van der Waals surface area contributed by atoms with E-state index in [0.29, 0.717) is 0 Å². The molecule has 0 saturated heterocycles. The van der Waals surface area contributed by atoms with Crippen molar-refractivity contribution < 1.29 is 23.8 Å². The molecule has 5 nitrogen and oxygen atoms in total. The second kappa shape index (κ2) is 6.24. The Bertz CT molecular complexity index is 480. The molecule has 1 rings (SSSR count). The number of hydrogen-bond donors (Lipinski definition) is 0. The molecule has 0 saturated carbocycles. The largest absolute Gasteiger partial charge is 0.461 e. The number of rotatable bonds is 3. The van der Waals surface area contributed by atoms with Gasteiger partial charge in [-0.1, -0.05) is 25.6 Å². The van der Waals surface area contributed by atoms with Gasteiger partial charge in [0.15, 0.2) is 5.60 Å². The standard InChI is InChI=1S/C14H20O5Si/c1-11(15)17-10-14(8-9-20(3,4)5)7-6-13(19-14)18-12(2)16/h6-7,13H,10H2,1-5H3/t13-,14-/m1/s1. The van der Waals surface area contributed by atoms with E-state index in [1.807, 2.05) is 0 Å². The Kier molecular flexibility index (Phi) is 5.14. The highest BCUT2D eigenvalue weighted by atomic mass is 28.3. The summed E-state index contributed by atoms with van der Waals surface area (Å²) in [6, 6.07) is 0. The lowest BCUT2D eigenvalue weighted by atomic mass is 10.1. The van der Waals surface area contributed by atoms with E-state index >= 15 is 0 Å². The van der Waals surface area contributed by atoms with E-state index in [1.165, 1.54) is 13.8 Å². The summed E-state index contributed by atoms with van der Waals surface area (Å²) in [4.78, 5) is 21.9. The van der Waals surface area contributed by atoms with Gasteiger partial charge in [0.05, 0.1) is 0 Å². The van der Waals surface area contributed by atoms with Crippen molar-refractivity contribution in [2.75, 3.05) is 6.61 Å². The SMILES string of the molecule is CC(=O)OC[C@]1(C#C[Si](C)(C)C)C=C[C@H](OC(C)=O)O1. The minimum absolute atomic E-state index is 0.0198. The second-order valence-electron chi connectivity index (χ2n) is 5.62. The van der Waals surface area contributed by atoms with Crippen molar-refractivity contribution >= 4 is 20.0 Å². The van der Waals surface area contributed by atoms with Crippen LogP contribution in [-0.4, -0.2) is 38.5 Å². The number of hydrogen-bond acceptors (Lipinski definition) is 5. The van der Waals surface area contributed by atoms with Crippen molar-refractivity contribution in [3.63, 3.8) is 0 Å². The normalized spacial score (nSPS) is 24.8. The average Bonchev–Trinajstić information content (AvgIpc) is 2.66. The lowest BCUT2D eigenvalue weighted by Gasteiger charge is -2.23. The minimum atomic E-state index is -1.61. The van der Waals surface area contributed by atoms with Crippen molar-refractivity contribution in [2.45, 2.75) is 45.4 Å². The van der Waals surface area contributed by atoms with Gasteiger partial charge >= 0.3 is 11.9 Å². The molecule has 0 N–H and O–H groups in total. The predicted molar refractivity (Wildman–Crippen MR) is 76.3 cm³/mol. The van der Waals surface area contributed by atoms with Gasteiger partial charge in [0, 0.05) is 13.8 Å². The van der Waals surface area contributed by atoms with E-state index in [9.17, 15) is 9.59 Å². The average molecular weight is 296 g/mol. The summed E-state index contributed by atoms with van der Waals surface area (Å²) < 4.78 is 15.6. The molecule has 0 aromatic carbocycles. The fourth-order valence-corrected chi connectivity index (χ4v) is 2.02. The van der Waals surface area contributed by atoms with Crippen LogP contribution in [0.3, 0.4) is 0 Å². The van der Waals surface area contributed by atoms with Gasteiger partial charge in [-0.2, -0.15) is 0 Å².